The molecular formula is C25H36ClN5O4. The molecule has 9 nitrogen and oxygen atoms in total. The maximum absolute atomic E-state index is 13.3. The Kier molecular flexibility index (Phi) is 7.47. The summed E-state index contributed by atoms with van der Waals surface area (Å²) in [5.74, 6) is -0.0883. The number of benzene rings is 1. The Morgan fingerprint density at radius 2 is 1.77 bits per heavy atom. The Morgan fingerprint density at radius 1 is 1.11 bits per heavy atom. The van der Waals surface area contributed by atoms with E-state index < -0.39 is 0 Å². The van der Waals surface area contributed by atoms with E-state index in [-0.39, 0.29) is 42.5 Å². The summed E-state index contributed by atoms with van der Waals surface area (Å²) >= 11 is 0. The smallest absolute Gasteiger partial charge is 0.409 e. The van der Waals surface area contributed by atoms with E-state index in [1.165, 1.54) is 26.4 Å². The monoisotopic (exact) mass is 505 g/mol. The Labute approximate surface area is 212 Å². The van der Waals surface area contributed by atoms with Gasteiger partial charge in [-0.2, -0.15) is 4.98 Å². The van der Waals surface area contributed by atoms with Gasteiger partial charge < -0.3 is 29.2 Å². The number of carbonyl (C=O) groups excluding carboxylic acids is 2. The SMILES string of the molecule is COC(=O)N1C[C@H](C)N(c2nc3c(C(=O)NC4C[C@@H]5CCC[C@@H](C4)N5C)cccc3o2)[C@@H](C)C1.Cl. The predicted octanol–water partition coefficient (Wildman–Crippen LogP) is 3.66. The van der Waals surface area contributed by atoms with Crippen molar-refractivity contribution in [3.63, 3.8) is 0 Å². The van der Waals surface area contributed by atoms with Gasteiger partial charge in [0, 0.05) is 43.3 Å². The third-order valence-corrected chi connectivity index (χ3v) is 7.90. The van der Waals surface area contributed by atoms with Crippen molar-refractivity contribution in [2.75, 3.05) is 32.1 Å². The van der Waals surface area contributed by atoms with E-state index in [1.54, 1.807) is 4.90 Å². The van der Waals surface area contributed by atoms with E-state index >= 15 is 0 Å². The van der Waals surface area contributed by atoms with E-state index in [4.69, 9.17) is 14.1 Å². The number of methoxy groups -OCH3 is 1. The van der Waals surface area contributed by atoms with Crippen molar-refractivity contribution in [2.45, 2.75) is 76.2 Å². The first kappa shape index (κ1) is 25.6. The summed E-state index contributed by atoms with van der Waals surface area (Å²) in [7, 11) is 3.62. The average Bonchev–Trinajstić information content (AvgIpc) is 3.22. The van der Waals surface area contributed by atoms with Gasteiger partial charge in [-0.15, -0.1) is 12.4 Å². The molecule has 4 atom stereocenters. The lowest BCUT2D eigenvalue weighted by Crippen LogP contribution is -2.58. The van der Waals surface area contributed by atoms with Crippen molar-refractivity contribution >= 4 is 41.5 Å². The highest BCUT2D eigenvalue weighted by atomic mass is 35.5. The van der Waals surface area contributed by atoms with Crippen LogP contribution >= 0.6 is 12.4 Å². The molecule has 3 fully saturated rings. The van der Waals surface area contributed by atoms with Gasteiger partial charge in [-0.25, -0.2) is 4.79 Å². The molecule has 2 amide bonds. The number of halogens is 1. The fourth-order valence-electron chi connectivity index (χ4n) is 6.21. The standard InChI is InChI=1S/C25H35N5O4.ClH/c1-15-13-29(25(32)33-4)14-16(2)30(15)24-27-22-20(9-6-10-21(22)34-24)23(31)26-17-11-18-7-5-8-19(12-17)28(18)3;/h6,9-10,15-19H,5,7-8,11-14H2,1-4H3,(H,26,31);1H/t15-,16-,18-,19-;/m0./s1. The van der Waals surface area contributed by atoms with Crippen LogP contribution in [0.5, 0.6) is 0 Å². The molecule has 192 valence electrons. The number of nitrogens with one attached hydrogen (secondary N) is 1. The summed E-state index contributed by atoms with van der Waals surface area (Å²) in [5.41, 5.74) is 1.72. The van der Waals surface area contributed by atoms with Crippen LogP contribution in [-0.4, -0.2) is 84.2 Å². The highest BCUT2D eigenvalue weighted by Gasteiger charge is 2.37. The molecule has 0 spiro atoms. The Bertz CT molecular complexity index is 1050. The van der Waals surface area contributed by atoms with E-state index in [1.807, 2.05) is 32.0 Å². The molecule has 1 aromatic carbocycles. The van der Waals surface area contributed by atoms with Crippen molar-refractivity contribution in [3.05, 3.63) is 23.8 Å². The topological polar surface area (TPSA) is 91.1 Å². The molecule has 0 aliphatic carbocycles. The predicted molar refractivity (Wildman–Crippen MR) is 136 cm³/mol. The first-order chi connectivity index (χ1) is 16.4. The second-order valence-corrected chi connectivity index (χ2v) is 10.2. The number of hydrogen-bond acceptors (Lipinski definition) is 7. The number of rotatable bonds is 3. The fourth-order valence-corrected chi connectivity index (χ4v) is 6.21. The van der Waals surface area contributed by atoms with E-state index in [2.05, 4.69) is 22.2 Å². The molecule has 3 saturated heterocycles. The van der Waals surface area contributed by atoms with Crippen LogP contribution in [0.25, 0.3) is 11.1 Å². The molecule has 1 N–H and O–H groups in total. The van der Waals surface area contributed by atoms with E-state index in [0.717, 1.165) is 12.8 Å². The molecule has 4 heterocycles. The molecule has 0 saturated carbocycles. The van der Waals surface area contributed by atoms with Crippen LogP contribution in [0, 0.1) is 0 Å². The summed E-state index contributed by atoms with van der Waals surface area (Å²) in [6, 6.07) is 7.28. The largest absolute Gasteiger partial charge is 0.453 e. The number of para-hydroxylation sites is 1. The Balaban J connectivity index is 0.00000289. The molecular weight excluding hydrogens is 470 g/mol. The molecule has 2 aromatic rings. The number of carbonyl (C=O) groups is 2. The minimum atomic E-state index is -0.326. The molecule has 35 heavy (non-hydrogen) atoms. The van der Waals surface area contributed by atoms with Gasteiger partial charge in [0.2, 0.25) is 0 Å². The van der Waals surface area contributed by atoms with Crippen LogP contribution in [0.1, 0.15) is 56.3 Å². The first-order valence-corrected chi connectivity index (χ1v) is 12.4. The van der Waals surface area contributed by atoms with Gasteiger partial charge >= 0.3 is 6.09 Å². The quantitative estimate of drug-likeness (QED) is 0.680. The highest BCUT2D eigenvalue weighted by molar-refractivity contribution is 6.04. The molecule has 0 unspecified atom stereocenters. The number of ether oxygens (including phenoxy) is 1. The average molecular weight is 506 g/mol. The zero-order chi connectivity index (χ0) is 24.0. The molecule has 2 bridgehead atoms. The van der Waals surface area contributed by atoms with E-state index in [9.17, 15) is 9.59 Å². The highest BCUT2D eigenvalue weighted by Crippen LogP contribution is 2.33. The number of piperazine rings is 1. The normalized spacial score (nSPS) is 29.0. The summed E-state index contributed by atoms with van der Waals surface area (Å²) < 4.78 is 11.0. The van der Waals surface area contributed by atoms with Crippen molar-refractivity contribution in [2.24, 2.45) is 0 Å². The second kappa shape index (κ2) is 10.2. The van der Waals surface area contributed by atoms with Gasteiger partial charge in [0.1, 0.15) is 5.52 Å². The number of piperidine rings is 2. The lowest BCUT2D eigenvalue weighted by molar-refractivity contribution is 0.0463. The van der Waals surface area contributed by atoms with Crippen LogP contribution in [0.4, 0.5) is 10.8 Å². The van der Waals surface area contributed by atoms with Gasteiger partial charge in [-0.3, -0.25) is 4.79 Å². The number of hydrogen-bond donors (Lipinski definition) is 1. The molecule has 5 rings (SSSR count). The molecule has 1 aromatic heterocycles. The number of aromatic nitrogens is 1. The van der Waals surface area contributed by atoms with Crippen molar-refractivity contribution < 1.29 is 18.7 Å². The zero-order valence-electron chi connectivity index (χ0n) is 20.9. The molecule has 3 aliphatic heterocycles. The van der Waals surface area contributed by atoms with Gasteiger partial charge in [-0.1, -0.05) is 12.5 Å². The minimum Gasteiger partial charge on any atom is -0.453 e. The third-order valence-electron chi connectivity index (χ3n) is 7.90. The van der Waals surface area contributed by atoms with Gasteiger partial charge in [-0.05, 0) is 58.7 Å². The molecule has 10 heteroatoms. The fraction of sp³-hybridized carbons (Fsp3) is 0.640. The molecule has 0 radical (unpaired) electrons. The van der Waals surface area contributed by atoms with E-state index in [0.29, 0.717) is 47.9 Å². The van der Waals surface area contributed by atoms with Crippen LogP contribution in [-0.2, 0) is 4.74 Å². The minimum absolute atomic E-state index is 0. The van der Waals surface area contributed by atoms with Crippen LogP contribution in [0.15, 0.2) is 22.6 Å². The first-order valence-electron chi connectivity index (χ1n) is 12.4. The Morgan fingerprint density at radius 3 is 2.40 bits per heavy atom. The van der Waals surface area contributed by atoms with Crippen molar-refractivity contribution in [1.29, 1.82) is 0 Å². The number of oxazole rings is 1. The van der Waals surface area contributed by atoms with Crippen LogP contribution < -0.4 is 10.2 Å². The number of anilines is 1. The lowest BCUT2D eigenvalue weighted by Gasteiger charge is -2.47. The van der Waals surface area contributed by atoms with Crippen molar-refractivity contribution in [3.8, 4) is 0 Å². The van der Waals surface area contributed by atoms with Crippen molar-refractivity contribution in [1.82, 2.24) is 20.1 Å². The van der Waals surface area contributed by atoms with Crippen LogP contribution in [0.3, 0.4) is 0 Å². The zero-order valence-corrected chi connectivity index (χ0v) is 21.7. The lowest BCUT2D eigenvalue weighted by atomic mass is 9.82. The van der Waals surface area contributed by atoms with Gasteiger partial charge in [0.25, 0.3) is 11.9 Å². The molecule has 3 aliphatic rings. The maximum atomic E-state index is 13.3. The number of nitrogens with zero attached hydrogens (tertiary/aromatic N) is 4. The number of fused-ring (bicyclic) bond motifs is 3. The maximum Gasteiger partial charge on any atom is 0.409 e. The summed E-state index contributed by atoms with van der Waals surface area (Å²) in [4.78, 5) is 36.4. The second-order valence-electron chi connectivity index (χ2n) is 10.2. The van der Waals surface area contributed by atoms with Gasteiger partial charge in [0.15, 0.2) is 5.58 Å². The number of amides is 2. The summed E-state index contributed by atoms with van der Waals surface area (Å²) in [5, 5.41) is 3.29. The van der Waals surface area contributed by atoms with Crippen LogP contribution in [0.2, 0.25) is 0 Å². The summed E-state index contributed by atoms with van der Waals surface area (Å²) in [6.07, 6.45) is 5.37. The third kappa shape index (κ3) is 4.80. The summed E-state index contributed by atoms with van der Waals surface area (Å²) in [6.45, 7) is 5.10. The van der Waals surface area contributed by atoms with Gasteiger partial charge in [0.05, 0.1) is 12.7 Å². The Hall–Kier alpha value is -2.52.